The highest BCUT2D eigenvalue weighted by Gasteiger charge is 2.25. The van der Waals surface area contributed by atoms with Gasteiger partial charge in [0, 0.05) is 25.1 Å². The number of halogens is 1. The molecule has 5 nitrogen and oxygen atoms in total. The fourth-order valence-corrected chi connectivity index (χ4v) is 3.63. The molecule has 154 valence electrons. The van der Waals surface area contributed by atoms with Crippen molar-refractivity contribution in [1.29, 1.82) is 0 Å². The zero-order chi connectivity index (χ0) is 20.9. The Morgan fingerprint density at radius 2 is 1.80 bits per heavy atom. The lowest BCUT2D eigenvalue weighted by Crippen LogP contribution is -2.43. The minimum absolute atomic E-state index is 0.0378. The second-order valence-electron chi connectivity index (χ2n) is 7.32. The van der Waals surface area contributed by atoms with Crippen molar-refractivity contribution in [2.24, 2.45) is 0 Å². The van der Waals surface area contributed by atoms with E-state index in [0.717, 1.165) is 16.3 Å². The Bertz CT molecular complexity index is 1050. The number of carbonyl (C=O) groups excluding carboxylic acids is 2. The summed E-state index contributed by atoms with van der Waals surface area (Å²) in [6.07, 6.45) is -0.0503. The van der Waals surface area contributed by atoms with E-state index in [1.165, 1.54) is 12.1 Å². The molecule has 0 radical (unpaired) electrons. The number of hydrogen-bond acceptors (Lipinski definition) is 3. The van der Waals surface area contributed by atoms with Gasteiger partial charge in [-0.25, -0.2) is 4.39 Å². The predicted octanol–water partition coefficient (Wildman–Crippen LogP) is 3.70. The topological polar surface area (TPSA) is 58.6 Å². The van der Waals surface area contributed by atoms with Crippen LogP contribution in [0.2, 0.25) is 0 Å². The summed E-state index contributed by atoms with van der Waals surface area (Å²) in [7, 11) is 0. The van der Waals surface area contributed by atoms with Crippen LogP contribution in [0.25, 0.3) is 10.8 Å². The van der Waals surface area contributed by atoms with Gasteiger partial charge in [-0.1, -0.05) is 42.5 Å². The smallest absolute Gasteiger partial charge is 0.251 e. The third-order valence-corrected chi connectivity index (χ3v) is 5.30. The summed E-state index contributed by atoms with van der Waals surface area (Å²) in [5, 5.41) is 4.90. The number of morpholine rings is 1. The summed E-state index contributed by atoms with van der Waals surface area (Å²) in [4.78, 5) is 26.7. The summed E-state index contributed by atoms with van der Waals surface area (Å²) < 4.78 is 18.9. The first-order valence-corrected chi connectivity index (χ1v) is 10.0. The van der Waals surface area contributed by atoms with Crippen molar-refractivity contribution in [2.75, 3.05) is 26.2 Å². The van der Waals surface area contributed by atoms with Gasteiger partial charge in [-0.15, -0.1) is 0 Å². The Morgan fingerprint density at radius 1 is 1.03 bits per heavy atom. The van der Waals surface area contributed by atoms with E-state index in [9.17, 15) is 14.0 Å². The second-order valence-corrected chi connectivity index (χ2v) is 7.32. The molecule has 1 atom stereocenters. The van der Waals surface area contributed by atoms with E-state index in [1.54, 1.807) is 23.1 Å². The van der Waals surface area contributed by atoms with E-state index in [4.69, 9.17) is 4.74 Å². The molecule has 0 spiro atoms. The molecule has 2 amide bonds. The molecule has 1 unspecified atom stereocenters. The van der Waals surface area contributed by atoms with Gasteiger partial charge in [-0.3, -0.25) is 9.59 Å². The number of ether oxygens (including phenoxy) is 1. The zero-order valence-corrected chi connectivity index (χ0v) is 16.5. The molecule has 1 fully saturated rings. The van der Waals surface area contributed by atoms with Crippen molar-refractivity contribution in [3.8, 4) is 0 Å². The largest absolute Gasteiger partial charge is 0.370 e. The molecule has 0 saturated carbocycles. The maximum atomic E-state index is 13.1. The maximum Gasteiger partial charge on any atom is 0.251 e. The van der Waals surface area contributed by atoms with Crippen LogP contribution < -0.4 is 5.32 Å². The first-order chi connectivity index (χ1) is 14.6. The molecule has 3 aromatic rings. The van der Waals surface area contributed by atoms with E-state index in [1.807, 2.05) is 36.4 Å². The molecule has 1 aliphatic rings. The summed E-state index contributed by atoms with van der Waals surface area (Å²) in [5.74, 6) is -0.534. The number of benzene rings is 3. The second kappa shape index (κ2) is 9.05. The molecule has 3 aromatic carbocycles. The Morgan fingerprint density at radius 3 is 2.60 bits per heavy atom. The summed E-state index contributed by atoms with van der Waals surface area (Å²) in [6, 6.07) is 19.5. The van der Waals surface area contributed by atoms with Crippen LogP contribution in [0.4, 0.5) is 4.39 Å². The van der Waals surface area contributed by atoms with Gasteiger partial charge in [-0.2, -0.15) is 0 Å². The number of nitrogens with one attached hydrogen (secondary N) is 1. The van der Waals surface area contributed by atoms with Gasteiger partial charge in [0.25, 0.3) is 5.91 Å². The van der Waals surface area contributed by atoms with Crippen LogP contribution in [0, 0.1) is 5.82 Å². The molecule has 1 aliphatic heterocycles. The number of nitrogens with zero attached hydrogens (tertiary/aromatic N) is 1. The van der Waals surface area contributed by atoms with Gasteiger partial charge in [0.1, 0.15) is 11.9 Å². The number of carbonyl (C=O) groups is 2. The van der Waals surface area contributed by atoms with Gasteiger partial charge in [0.2, 0.25) is 5.91 Å². The number of fused-ring (bicyclic) bond motifs is 1. The van der Waals surface area contributed by atoms with E-state index >= 15 is 0 Å². The van der Waals surface area contributed by atoms with Crippen LogP contribution in [0.5, 0.6) is 0 Å². The molecular weight excluding hydrogens is 383 g/mol. The average Bonchev–Trinajstić information content (AvgIpc) is 2.79. The van der Waals surface area contributed by atoms with Crippen LogP contribution in [-0.2, 0) is 9.53 Å². The molecule has 1 heterocycles. The lowest BCUT2D eigenvalue weighted by atomic mass is 10.1. The monoisotopic (exact) mass is 406 g/mol. The number of hydrogen-bond donors (Lipinski definition) is 1. The number of amides is 2. The number of rotatable bonds is 5. The highest BCUT2D eigenvalue weighted by Crippen LogP contribution is 2.23. The minimum Gasteiger partial charge on any atom is -0.370 e. The van der Waals surface area contributed by atoms with Gasteiger partial charge < -0.3 is 15.0 Å². The van der Waals surface area contributed by atoms with Crippen LogP contribution in [-0.4, -0.2) is 43.0 Å². The fraction of sp³-hybridized carbons (Fsp3) is 0.250. The van der Waals surface area contributed by atoms with Crippen molar-refractivity contribution in [3.63, 3.8) is 0 Å². The van der Waals surface area contributed by atoms with Crippen molar-refractivity contribution >= 4 is 22.6 Å². The molecule has 0 bridgehead atoms. The molecule has 1 saturated heterocycles. The summed E-state index contributed by atoms with van der Waals surface area (Å²) >= 11 is 0. The molecule has 1 N–H and O–H groups in total. The van der Waals surface area contributed by atoms with E-state index in [2.05, 4.69) is 5.32 Å². The van der Waals surface area contributed by atoms with Crippen LogP contribution in [0.15, 0.2) is 66.7 Å². The molecule has 4 rings (SSSR count). The van der Waals surface area contributed by atoms with Crippen molar-refractivity contribution in [2.45, 2.75) is 12.5 Å². The van der Waals surface area contributed by atoms with E-state index < -0.39 is 0 Å². The Balaban J connectivity index is 1.29. The van der Waals surface area contributed by atoms with Crippen molar-refractivity contribution in [1.82, 2.24) is 10.2 Å². The van der Waals surface area contributed by atoms with Gasteiger partial charge >= 0.3 is 0 Å². The normalized spacial score (nSPS) is 16.4. The van der Waals surface area contributed by atoms with Gasteiger partial charge in [0.05, 0.1) is 13.2 Å². The third kappa shape index (κ3) is 4.66. The van der Waals surface area contributed by atoms with Crippen LogP contribution >= 0.6 is 0 Å². The minimum atomic E-state index is -0.301. The quantitative estimate of drug-likeness (QED) is 0.703. The first-order valence-electron chi connectivity index (χ1n) is 10.0. The predicted molar refractivity (Wildman–Crippen MR) is 113 cm³/mol. The zero-order valence-electron chi connectivity index (χ0n) is 16.5. The van der Waals surface area contributed by atoms with Crippen molar-refractivity contribution < 1.29 is 18.7 Å². The van der Waals surface area contributed by atoms with E-state index in [0.29, 0.717) is 25.3 Å². The standard InChI is InChI=1S/C24H23FN2O3/c25-21-9-7-18(8-10-21)22-16-27(13-14-30-22)23(28)11-12-26-24(29)20-6-5-17-3-1-2-4-19(17)15-20/h1-10,15,22H,11-14,16H2,(H,26,29). The maximum absolute atomic E-state index is 13.1. The summed E-state index contributed by atoms with van der Waals surface area (Å²) in [6.45, 7) is 1.62. The fourth-order valence-electron chi connectivity index (χ4n) is 3.63. The highest BCUT2D eigenvalue weighted by atomic mass is 19.1. The highest BCUT2D eigenvalue weighted by molar-refractivity contribution is 5.98. The average molecular weight is 406 g/mol. The lowest BCUT2D eigenvalue weighted by molar-refractivity contribution is -0.138. The molecular formula is C24H23FN2O3. The Labute approximate surface area is 174 Å². The molecule has 0 aromatic heterocycles. The van der Waals surface area contributed by atoms with Gasteiger partial charge in [0.15, 0.2) is 0 Å². The van der Waals surface area contributed by atoms with Crippen LogP contribution in [0.3, 0.4) is 0 Å². The van der Waals surface area contributed by atoms with Crippen molar-refractivity contribution in [3.05, 3.63) is 83.7 Å². The lowest BCUT2D eigenvalue weighted by Gasteiger charge is -2.33. The van der Waals surface area contributed by atoms with Crippen LogP contribution in [0.1, 0.15) is 28.4 Å². The van der Waals surface area contributed by atoms with Gasteiger partial charge in [-0.05, 0) is 40.6 Å². The Hall–Kier alpha value is -3.25. The molecule has 0 aliphatic carbocycles. The van der Waals surface area contributed by atoms with E-state index in [-0.39, 0.29) is 36.7 Å². The Kier molecular flexibility index (Phi) is 6.05. The molecule has 6 heteroatoms. The SMILES string of the molecule is O=C(NCCC(=O)N1CCOC(c2ccc(F)cc2)C1)c1ccc2ccccc2c1. The summed E-state index contributed by atoms with van der Waals surface area (Å²) in [5.41, 5.74) is 1.42. The third-order valence-electron chi connectivity index (χ3n) is 5.30. The molecule has 30 heavy (non-hydrogen) atoms. The first kappa shape index (κ1) is 20.0.